The molecule has 0 bridgehead atoms. The number of hydrogen-bond acceptors (Lipinski definition) is 4. The first kappa shape index (κ1) is 21.7. The summed E-state index contributed by atoms with van der Waals surface area (Å²) < 4.78 is 12.2. The van der Waals surface area contributed by atoms with Crippen LogP contribution in [0.5, 0.6) is 11.5 Å². The molecule has 2 rings (SSSR count). The van der Waals surface area contributed by atoms with E-state index in [2.05, 4.69) is 54.0 Å². The fraction of sp³-hybridized carbons (Fsp3) is 0.455. The Morgan fingerprint density at radius 1 is 0.778 bits per heavy atom. The zero-order valence-corrected chi connectivity index (χ0v) is 18.3. The fourth-order valence-corrected chi connectivity index (χ4v) is 3.95. The summed E-state index contributed by atoms with van der Waals surface area (Å²) in [6.07, 6.45) is 0. The minimum atomic E-state index is -0.214. The van der Waals surface area contributed by atoms with Crippen molar-refractivity contribution in [3.63, 3.8) is 0 Å². The smallest absolute Gasteiger partial charge is 0.136 e. The molecule has 0 radical (unpaired) electrons. The Morgan fingerprint density at radius 2 is 1.19 bits per heavy atom. The lowest BCUT2D eigenvalue weighted by atomic mass is 9.76. The van der Waals surface area contributed by atoms with Gasteiger partial charge in [-0.05, 0) is 70.6 Å². The SMILES string of the molecule is Cc1cc(C(C)(C)c2cc(C)c(OCCO)c(Br)c2)cc(C)c1OCCO. The third-order valence-electron chi connectivity index (χ3n) is 4.81. The van der Waals surface area contributed by atoms with E-state index in [1.54, 1.807) is 0 Å². The fourth-order valence-electron chi connectivity index (χ4n) is 3.28. The molecular formula is C22H29BrO4. The van der Waals surface area contributed by atoms with Gasteiger partial charge in [0.2, 0.25) is 0 Å². The predicted molar refractivity (Wildman–Crippen MR) is 112 cm³/mol. The molecule has 0 unspecified atom stereocenters. The predicted octanol–water partition coefficient (Wildman–Crippen LogP) is 4.44. The average Bonchev–Trinajstić information content (AvgIpc) is 2.60. The van der Waals surface area contributed by atoms with Crippen molar-refractivity contribution in [2.24, 2.45) is 0 Å². The van der Waals surface area contributed by atoms with Crippen LogP contribution in [0.15, 0.2) is 28.7 Å². The Labute approximate surface area is 170 Å². The lowest BCUT2D eigenvalue weighted by molar-refractivity contribution is 0.200. The topological polar surface area (TPSA) is 58.9 Å². The number of halogens is 1. The van der Waals surface area contributed by atoms with Crippen molar-refractivity contribution in [1.29, 1.82) is 0 Å². The van der Waals surface area contributed by atoms with E-state index < -0.39 is 0 Å². The number of aryl methyl sites for hydroxylation is 3. The summed E-state index contributed by atoms with van der Waals surface area (Å²) >= 11 is 3.61. The lowest BCUT2D eigenvalue weighted by Crippen LogP contribution is -2.20. The molecule has 0 saturated carbocycles. The number of rotatable bonds is 8. The van der Waals surface area contributed by atoms with Gasteiger partial charge in [-0.2, -0.15) is 0 Å². The minimum Gasteiger partial charge on any atom is -0.491 e. The normalized spacial score (nSPS) is 11.6. The number of hydrogen-bond donors (Lipinski definition) is 2. The Hall–Kier alpha value is -1.56. The Balaban J connectivity index is 2.43. The highest BCUT2D eigenvalue weighted by Crippen LogP contribution is 2.40. The maximum Gasteiger partial charge on any atom is 0.136 e. The highest BCUT2D eigenvalue weighted by molar-refractivity contribution is 9.10. The Kier molecular flexibility index (Phi) is 7.32. The second-order valence-electron chi connectivity index (χ2n) is 7.31. The maximum absolute atomic E-state index is 9.02. The largest absolute Gasteiger partial charge is 0.491 e. The van der Waals surface area contributed by atoms with Gasteiger partial charge < -0.3 is 19.7 Å². The zero-order chi connectivity index (χ0) is 20.2. The van der Waals surface area contributed by atoms with E-state index in [4.69, 9.17) is 19.7 Å². The second-order valence-corrected chi connectivity index (χ2v) is 8.17. The van der Waals surface area contributed by atoms with Gasteiger partial charge >= 0.3 is 0 Å². The summed E-state index contributed by atoms with van der Waals surface area (Å²) in [5.41, 5.74) is 5.30. The molecule has 5 heteroatoms. The van der Waals surface area contributed by atoms with Gasteiger partial charge in [-0.3, -0.25) is 0 Å². The Morgan fingerprint density at radius 3 is 1.63 bits per heavy atom. The number of benzene rings is 2. The number of aliphatic hydroxyl groups is 2. The molecule has 0 spiro atoms. The molecule has 0 aliphatic carbocycles. The van der Waals surface area contributed by atoms with Crippen LogP contribution in [0.2, 0.25) is 0 Å². The van der Waals surface area contributed by atoms with Crippen LogP contribution in [-0.2, 0) is 5.41 Å². The molecule has 0 aromatic heterocycles. The van der Waals surface area contributed by atoms with E-state index in [1.165, 1.54) is 11.1 Å². The van der Waals surface area contributed by atoms with Crippen molar-refractivity contribution in [1.82, 2.24) is 0 Å². The molecule has 148 valence electrons. The third-order valence-corrected chi connectivity index (χ3v) is 5.40. The molecule has 0 amide bonds. The summed E-state index contributed by atoms with van der Waals surface area (Å²) in [6, 6.07) is 8.52. The van der Waals surface area contributed by atoms with Crippen LogP contribution in [0.3, 0.4) is 0 Å². The molecular weight excluding hydrogens is 408 g/mol. The van der Waals surface area contributed by atoms with Crippen molar-refractivity contribution in [2.45, 2.75) is 40.0 Å². The quantitative estimate of drug-likeness (QED) is 0.641. The molecule has 4 nitrogen and oxygen atoms in total. The lowest BCUT2D eigenvalue weighted by Gasteiger charge is -2.29. The van der Waals surface area contributed by atoms with Crippen LogP contribution in [0, 0.1) is 20.8 Å². The highest BCUT2D eigenvalue weighted by atomic mass is 79.9. The van der Waals surface area contributed by atoms with E-state index in [1.807, 2.05) is 20.8 Å². The van der Waals surface area contributed by atoms with E-state index in [0.717, 1.165) is 32.7 Å². The van der Waals surface area contributed by atoms with Crippen molar-refractivity contribution < 1.29 is 19.7 Å². The number of ether oxygens (including phenoxy) is 2. The molecule has 0 atom stereocenters. The van der Waals surface area contributed by atoms with Crippen molar-refractivity contribution >= 4 is 15.9 Å². The summed E-state index contributed by atoms with van der Waals surface area (Å²) in [4.78, 5) is 0. The van der Waals surface area contributed by atoms with Gasteiger partial charge in [0.1, 0.15) is 24.7 Å². The maximum atomic E-state index is 9.02. The molecule has 0 aliphatic heterocycles. The van der Waals surface area contributed by atoms with Crippen LogP contribution in [0.4, 0.5) is 0 Å². The monoisotopic (exact) mass is 436 g/mol. The van der Waals surface area contributed by atoms with E-state index >= 15 is 0 Å². The summed E-state index contributed by atoms with van der Waals surface area (Å²) in [6.45, 7) is 11.0. The first-order valence-electron chi connectivity index (χ1n) is 9.12. The van der Waals surface area contributed by atoms with Gasteiger partial charge in [0, 0.05) is 5.41 Å². The van der Waals surface area contributed by atoms with Gasteiger partial charge in [0.05, 0.1) is 17.7 Å². The van der Waals surface area contributed by atoms with Crippen LogP contribution in [0.25, 0.3) is 0 Å². The summed E-state index contributed by atoms with van der Waals surface area (Å²) in [5.74, 6) is 1.61. The molecule has 2 aromatic carbocycles. The van der Waals surface area contributed by atoms with Crippen LogP contribution < -0.4 is 9.47 Å². The van der Waals surface area contributed by atoms with Crippen LogP contribution >= 0.6 is 15.9 Å². The molecule has 0 saturated heterocycles. The molecule has 2 aromatic rings. The van der Waals surface area contributed by atoms with Crippen molar-refractivity contribution in [2.75, 3.05) is 26.4 Å². The minimum absolute atomic E-state index is 0.00410. The zero-order valence-electron chi connectivity index (χ0n) is 16.7. The first-order valence-corrected chi connectivity index (χ1v) is 9.91. The van der Waals surface area contributed by atoms with Gasteiger partial charge in [0.25, 0.3) is 0 Å². The third kappa shape index (κ3) is 4.84. The molecule has 2 N–H and O–H groups in total. The molecule has 27 heavy (non-hydrogen) atoms. The van der Waals surface area contributed by atoms with Crippen LogP contribution in [0.1, 0.15) is 41.7 Å². The van der Waals surface area contributed by atoms with Gasteiger partial charge in [-0.15, -0.1) is 0 Å². The van der Waals surface area contributed by atoms with Gasteiger partial charge in [0.15, 0.2) is 0 Å². The number of aliphatic hydroxyl groups excluding tert-OH is 2. The van der Waals surface area contributed by atoms with Gasteiger partial charge in [-0.25, -0.2) is 0 Å². The molecule has 0 heterocycles. The Bertz CT molecular complexity index is 687. The molecule has 0 fully saturated rings. The van der Waals surface area contributed by atoms with E-state index in [9.17, 15) is 0 Å². The molecule has 0 aliphatic rings. The standard InChI is InChI=1S/C22H29BrO4/c1-14-10-17(11-15(2)20(14)26-8-6-24)22(4,5)18-12-16(3)21(19(23)13-18)27-9-7-25/h10-13,24-25H,6-9H2,1-5H3. The van der Waals surface area contributed by atoms with Crippen LogP contribution in [-0.4, -0.2) is 36.6 Å². The highest BCUT2D eigenvalue weighted by Gasteiger charge is 2.26. The summed E-state index contributed by atoms with van der Waals surface area (Å²) in [7, 11) is 0. The summed E-state index contributed by atoms with van der Waals surface area (Å²) in [5, 5.41) is 18.0. The van der Waals surface area contributed by atoms with Crippen molar-refractivity contribution in [3.8, 4) is 11.5 Å². The average molecular weight is 437 g/mol. The van der Waals surface area contributed by atoms with Crippen molar-refractivity contribution in [3.05, 3.63) is 56.6 Å². The first-order chi connectivity index (χ1) is 12.7. The van der Waals surface area contributed by atoms with E-state index in [0.29, 0.717) is 6.61 Å². The van der Waals surface area contributed by atoms with E-state index in [-0.39, 0.29) is 25.2 Å². The second kappa shape index (κ2) is 9.09. The van der Waals surface area contributed by atoms with Gasteiger partial charge in [-0.1, -0.05) is 32.0 Å².